The van der Waals surface area contributed by atoms with Crippen molar-refractivity contribution in [1.82, 2.24) is 14.9 Å². The Labute approximate surface area is 178 Å². The molecule has 1 unspecified atom stereocenters. The summed E-state index contributed by atoms with van der Waals surface area (Å²) in [5.74, 6) is -0.125. The normalized spacial score (nSPS) is 18.1. The van der Waals surface area contributed by atoms with Crippen molar-refractivity contribution in [2.75, 3.05) is 20.6 Å². The van der Waals surface area contributed by atoms with Crippen LogP contribution in [0.5, 0.6) is 0 Å². The Balaban J connectivity index is 1.80. The maximum Gasteiger partial charge on any atom is 0.263 e. The minimum atomic E-state index is -3.64. The molecule has 0 aliphatic carbocycles. The molecule has 3 rings (SSSR count). The number of fused-ring (bicyclic) bond motifs is 1. The molecule has 1 aliphatic heterocycles. The van der Waals surface area contributed by atoms with E-state index in [1.54, 1.807) is 18.2 Å². The molecular formula is C22H28N4O3S. The van der Waals surface area contributed by atoms with Gasteiger partial charge in [0.15, 0.2) is 0 Å². The second-order valence-corrected chi connectivity index (χ2v) is 9.55. The summed E-state index contributed by atoms with van der Waals surface area (Å²) in [6, 6.07) is 15.9. The van der Waals surface area contributed by atoms with E-state index < -0.39 is 16.1 Å². The molecule has 0 saturated heterocycles. The fourth-order valence-electron chi connectivity index (χ4n) is 3.45. The molecule has 2 N–H and O–H groups in total. The van der Waals surface area contributed by atoms with Crippen LogP contribution in [-0.2, 0) is 14.8 Å². The first-order valence-corrected chi connectivity index (χ1v) is 11.4. The summed E-state index contributed by atoms with van der Waals surface area (Å²) in [5.41, 5.74) is 1.60. The lowest BCUT2D eigenvalue weighted by atomic mass is 10.0. The van der Waals surface area contributed by atoms with Gasteiger partial charge in [0.05, 0.1) is 10.9 Å². The number of rotatable bonds is 7. The van der Waals surface area contributed by atoms with Gasteiger partial charge in [0.25, 0.3) is 10.0 Å². The molecule has 160 valence electrons. The number of nitrogens with zero attached hydrogens (tertiary/aromatic N) is 2. The van der Waals surface area contributed by atoms with Gasteiger partial charge in [-0.15, -0.1) is 0 Å². The molecule has 7 nitrogen and oxygen atoms in total. The van der Waals surface area contributed by atoms with E-state index in [0.29, 0.717) is 12.1 Å². The van der Waals surface area contributed by atoms with Crippen LogP contribution in [0.3, 0.4) is 0 Å². The van der Waals surface area contributed by atoms with Gasteiger partial charge in [-0.3, -0.25) is 14.5 Å². The van der Waals surface area contributed by atoms with Crippen LogP contribution >= 0.6 is 0 Å². The molecule has 0 fully saturated rings. The topological polar surface area (TPSA) is 90.9 Å². The Hall–Kier alpha value is -2.71. The minimum Gasteiger partial charge on any atom is -0.352 e. The van der Waals surface area contributed by atoms with E-state index in [1.165, 1.54) is 6.07 Å². The van der Waals surface area contributed by atoms with Crippen LogP contribution in [-0.4, -0.2) is 51.7 Å². The molecule has 2 atom stereocenters. The van der Waals surface area contributed by atoms with E-state index in [2.05, 4.69) is 15.0 Å². The van der Waals surface area contributed by atoms with Gasteiger partial charge >= 0.3 is 0 Å². The van der Waals surface area contributed by atoms with Crippen LogP contribution in [0.15, 0.2) is 64.5 Å². The number of sulfonamides is 1. The second-order valence-electron chi connectivity index (χ2n) is 7.90. The number of likely N-dealkylation sites (N-methyl/N-ethyl adjacent to an activating group) is 1. The third-order valence-corrected chi connectivity index (χ3v) is 6.51. The first kappa shape index (κ1) is 22.0. The lowest BCUT2D eigenvalue weighted by molar-refractivity contribution is -0.123. The highest BCUT2D eigenvalue weighted by atomic mass is 32.2. The molecule has 0 bridgehead atoms. The Morgan fingerprint density at radius 3 is 2.33 bits per heavy atom. The average molecular weight is 429 g/mol. The Morgan fingerprint density at radius 2 is 1.70 bits per heavy atom. The first-order valence-electron chi connectivity index (χ1n) is 9.90. The van der Waals surface area contributed by atoms with Gasteiger partial charge in [-0.05, 0) is 37.7 Å². The number of nitrogens with one attached hydrogen (secondary N) is 2. The highest BCUT2D eigenvalue weighted by Gasteiger charge is 2.32. The van der Waals surface area contributed by atoms with Crippen LogP contribution < -0.4 is 10.0 Å². The van der Waals surface area contributed by atoms with Crippen molar-refractivity contribution in [2.45, 2.75) is 30.8 Å². The molecule has 2 aromatic carbocycles. The number of hydrogen-bond acceptors (Lipinski definition) is 5. The van der Waals surface area contributed by atoms with Gasteiger partial charge in [0.2, 0.25) is 5.91 Å². The number of benzene rings is 2. The summed E-state index contributed by atoms with van der Waals surface area (Å²) >= 11 is 0. The third kappa shape index (κ3) is 4.71. The zero-order valence-electron chi connectivity index (χ0n) is 17.7. The molecular weight excluding hydrogens is 400 g/mol. The molecule has 1 aliphatic rings. The summed E-state index contributed by atoms with van der Waals surface area (Å²) < 4.78 is 27.1. The summed E-state index contributed by atoms with van der Waals surface area (Å²) in [6.07, 6.45) is 0. The van der Waals surface area contributed by atoms with Crippen molar-refractivity contribution in [2.24, 2.45) is 10.9 Å². The van der Waals surface area contributed by atoms with Gasteiger partial charge in [0.1, 0.15) is 11.9 Å². The van der Waals surface area contributed by atoms with Crippen LogP contribution in [0.1, 0.15) is 31.0 Å². The lowest BCUT2D eigenvalue weighted by Crippen LogP contribution is -2.42. The SMILES string of the molecule is CC(C)[C@H](N=C1NS(=O)(=O)c2ccccc21)C(=O)NCC(c1ccccc1)N(C)C. The summed E-state index contributed by atoms with van der Waals surface area (Å²) in [7, 11) is 0.289. The van der Waals surface area contributed by atoms with E-state index in [-0.39, 0.29) is 28.6 Å². The highest BCUT2D eigenvalue weighted by Crippen LogP contribution is 2.23. The molecule has 1 amide bonds. The minimum absolute atomic E-state index is 0.0151. The molecule has 8 heteroatoms. The van der Waals surface area contributed by atoms with Crippen molar-refractivity contribution in [3.63, 3.8) is 0 Å². The van der Waals surface area contributed by atoms with Crippen molar-refractivity contribution < 1.29 is 13.2 Å². The zero-order chi connectivity index (χ0) is 21.9. The largest absolute Gasteiger partial charge is 0.352 e. The van der Waals surface area contributed by atoms with Crippen molar-refractivity contribution in [3.8, 4) is 0 Å². The number of aliphatic imine (C=N–C) groups is 1. The van der Waals surface area contributed by atoms with Gasteiger partial charge in [-0.25, -0.2) is 8.42 Å². The van der Waals surface area contributed by atoms with E-state index in [4.69, 9.17) is 0 Å². The van der Waals surface area contributed by atoms with Crippen molar-refractivity contribution >= 4 is 21.8 Å². The van der Waals surface area contributed by atoms with E-state index in [1.807, 2.05) is 63.2 Å². The molecule has 0 spiro atoms. The van der Waals surface area contributed by atoms with Crippen LogP contribution in [0.25, 0.3) is 0 Å². The molecule has 1 heterocycles. The number of amides is 1. The monoisotopic (exact) mass is 428 g/mol. The summed E-state index contributed by atoms with van der Waals surface area (Å²) in [4.78, 5) is 19.7. The molecule has 0 aromatic heterocycles. The van der Waals surface area contributed by atoms with E-state index >= 15 is 0 Å². The fraction of sp³-hybridized carbons (Fsp3) is 0.364. The maximum atomic E-state index is 13.0. The zero-order valence-corrected chi connectivity index (χ0v) is 18.5. The second kappa shape index (κ2) is 8.97. The van der Waals surface area contributed by atoms with Gasteiger partial charge in [-0.1, -0.05) is 56.3 Å². The maximum absolute atomic E-state index is 13.0. The quantitative estimate of drug-likeness (QED) is 0.707. The predicted molar refractivity (Wildman–Crippen MR) is 118 cm³/mol. The van der Waals surface area contributed by atoms with Gasteiger partial charge in [-0.2, -0.15) is 0 Å². The van der Waals surface area contributed by atoms with Crippen LogP contribution in [0.4, 0.5) is 0 Å². The van der Waals surface area contributed by atoms with Gasteiger partial charge in [0, 0.05) is 12.1 Å². The smallest absolute Gasteiger partial charge is 0.263 e. The number of carbonyl (C=O) groups excluding carboxylic acids is 1. The summed E-state index contributed by atoms with van der Waals surface area (Å²) in [5, 5.41) is 3.00. The Kier molecular flexibility index (Phi) is 6.58. The van der Waals surface area contributed by atoms with Gasteiger partial charge < -0.3 is 10.2 Å². The number of carbonyl (C=O) groups is 1. The standard InChI is InChI=1S/C22H28N4O3S/c1-15(2)20(24-21-17-12-8-9-13-19(17)30(28,29)25-21)22(27)23-14-18(26(3)4)16-10-6-5-7-11-16/h5-13,15,18,20H,14H2,1-4H3,(H,23,27)(H,24,25)/t18?,20-/m0/s1. The van der Waals surface area contributed by atoms with E-state index in [9.17, 15) is 13.2 Å². The fourth-order valence-corrected chi connectivity index (χ4v) is 4.69. The van der Waals surface area contributed by atoms with E-state index in [0.717, 1.165) is 5.56 Å². The third-order valence-electron chi connectivity index (χ3n) is 5.11. The van der Waals surface area contributed by atoms with Crippen molar-refractivity contribution in [3.05, 3.63) is 65.7 Å². The van der Waals surface area contributed by atoms with Crippen molar-refractivity contribution in [1.29, 1.82) is 0 Å². The molecule has 2 aromatic rings. The first-order chi connectivity index (χ1) is 14.2. The van der Waals surface area contributed by atoms with Crippen LogP contribution in [0.2, 0.25) is 0 Å². The lowest BCUT2D eigenvalue weighted by Gasteiger charge is -2.26. The molecule has 0 saturated carbocycles. The molecule has 30 heavy (non-hydrogen) atoms. The molecule has 0 radical (unpaired) electrons. The highest BCUT2D eigenvalue weighted by molar-refractivity contribution is 7.90. The Bertz CT molecular complexity index is 1030. The van der Waals surface area contributed by atoms with Crippen LogP contribution in [0, 0.1) is 5.92 Å². The predicted octanol–water partition coefficient (Wildman–Crippen LogP) is 2.17. The summed E-state index contributed by atoms with van der Waals surface area (Å²) in [6.45, 7) is 4.21. The average Bonchev–Trinajstić information content (AvgIpc) is 2.97. The number of hydrogen-bond donors (Lipinski definition) is 2. The Morgan fingerprint density at radius 1 is 1.07 bits per heavy atom. The number of amidine groups is 1.